The molecule has 3 aromatic carbocycles. The van der Waals surface area contributed by atoms with Crippen LogP contribution in [0.25, 0.3) is 6.08 Å². The molecule has 154 valence electrons. The quantitative estimate of drug-likeness (QED) is 0.363. The van der Waals surface area contributed by atoms with Gasteiger partial charge in [-0.25, -0.2) is 0 Å². The maximum atomic E-state index is 12.8. The van der Waals surface area contributed by atoms with Crippen LogP contribution in [0.5, 0.6) is 23.0 Å². The van der Waals surface area contributed by atoms with Crippen molar-refractivity contribution in [3.8, 4) is 23.0 Å². The molecule has 30 heavy (non-hydrogen) atoms. The smallest absolute Gasteiger partial charge is 0.203 e. The molecular formula is C25H24O5. The number of benzene rings is 3. The second-order valence-corrected chi connectivity index (χ2v) is 6.43. The number of hydrogen-bond donors (Lipinski definition) is 0. The lowest BCUT2D eigenvalue weighted by Crippen LogP contribution is -2.02. The molecule has 0 atom stereocenters. The molecule has 0 aromatic heterocycles. The molecule has 5 nitrogen and oxygen atoms in total. The Hall–Kier alpha value is -3.73. The fourth-order valence-corrected chi connectivity index (χ4v) is 2.99. The number of methoxy groups -OCH3 is 3. The van der Waals surface area contributed by atoms with E-state index < -0.39 is 0 Å². The fraction of sp³-hybridized carbons (Fsp3) is 0.160. The van der Waals surface area contributed by atoms with Gasteiger partial charge in [0.15, 0.2) is 17.3 Å². The molecule has 0 bridgehead atoms. The van der Waals surface area contributed by atoms with Crippen LogP contribution in [-0.2, 0) is 6.61 Å². The third-order valence-electron chi connectivity index (χ3n) is 4.50. The molecule has 0 amide bonds. The Bertz CT molecular complexity index is 1000. The molecule has 0 aliphatic carbocycles. The van der Waals surface area contributed by atoms with Crippen molar-refractivity contribution in [2.75, 3.05) is 21.3 Å². The Morgan fingerprint density at radius 3 is 2.07 bits per heavy atom. The number of hydrogen-bond acceptors (Lipinski definition) is 5. The van der Waals surface area contributed by atoms with E-state index in [0.29, 0.717) is 35.2 Å². The zero-order valence-corrected chi connectivity index (χ0v) is 17.3. The number of rotatable bonds is 9. The monoisotopic (exact) mass is 404 g/mol. The first kappa shape index (κ1) is 21.0. The van der Waals surface area contributed by atoms with E-state index in [1.165, 1.54) is 6.08 Å². The second-order valence-electron chi connectivity index (χ2n) is 6.43. The van der Waals surface area contributed by atoms with Gasteiger partial charge in [0.1, 0.15) is 12.4 Å². The zero-order valence-electron chi connectivity index (χ0n) is 17.3. The lowest BCUT2D eigenvalue weighted by molar-refractivity contribution is 0.104. The standard InChI is InChI=1S/C25H24O5/c1-27-23-15-19(16-24(28-2)25(23)29-3)13-14-21(26)20-11-7-8-12-22(20)30-17-18-9-5-4-6-10-18/h4-16H,17H2,1-3H3/b14-13+. The summed E-state index contributed by atoms with van der Waals surface area (Å²) in [7, 11) is 4.65. The van der Waals surface area contributed by atoms with Crippen molar-refractivity contribution in [1.82, 2.24) is 0 Å². The predicted molar refractivity (Wildman–Crippen MR) is 117 cm³/mol. The van der Waals surface area contributed by atoms with Gasteiger partial charge in [0, 0.05) is 0 Å². The first-order valence-electron chi connectivity index (χ1n) is 9.44. The van der Waals surface area contributed by atoms with E-state index >= 15 is 0 Å². The van der Waals surface area contributed by atoms with Crippen LogP contribution in [0.15, 0.2) is 72.8 Å². The van der Waals surface area contributed by atoms with Crippen molar-refractivity contribution in [3.05, 3.63) is 89.5 Å². The fourth-order valence-electron chi connectivity index (χ4n) is 2.99. The van der Waals surface area contributed by atoms with E-state index in [9.17, 15) is 4.79 Å². The Balaban J connectivity index is 1.80. The molecule has 3 aromatic rings. The minimum absolute atomic E-state index is 0.160. The van der Waals surface area contributed by atoms with Crippen molar-refractivity contribution < 1.29 is 23.7 Å². The summed E-state index contributed by atoms with van der Waals surface area (Å²) in [5.41, 5.74) is 2.28. The van der Waals surface area contributed by atoms with Gasteiger partial charge in [0.2, 0.25) is 5.75 Å². The van der Waals surface area contributed by atoms with E-state index in [0.717, 1.165) is 11.1 Å². The number of para-hydroxylation sites is 1. The second kappa shape index (κ2) is 10.2. The summed E-state index contributed by atoms with van der Waals surface area (Å²) in [4.78, 5) is 12.8. The molecule has 0 radical (unpaired) electrons. The average Bonchev–Trinajstić information content (AvgIpc) is 2.81. The van der Waals surface area contributed by atoms with Gasteiger partial charge in [-0.2, -0.15) is 0 Å². The van der Waals surface area contributed by atoms with Gasteiger partial charge in [-0.3, -0.25) is 4.79 Å². The highest BCUT2D eigenvalue weighted by molar-refractivity contribution is 6.08. The normalized spacial score (nSPS) is 10.6. The summed E-state index contributed by atoms with van der Waals surface area (Å²) >= 11 is 0. The van der Waals surface area contributed by atoms with Crippen LogP contribution in [0.3, 0.4) is 0 Å². The van der Waals surface area contributed by atoms with Gasteiger partial charge < -0.3 is 18.9 Å². The number of carbonyl (C=O) groups is 1. The van der Waals surface area contributed by atoms with Crippen LogP contribution in [0.4, 0.5) is 0 Å². The van der Waals surface area contributed by atoms with Crippen molar-refractivity contribution >= 4 is 11.9 Å². The Morgan fingerprint density at radius 2 is 1.43 bits per heavy atom. The number of ether oxygens (including phenoxy) is 4. The highest BCUT2D eigenvalue weighted by Crippen LogP contribution is 2.38. The molecular weight excluding hydrogens is 380 g/mol. The van der Waals surface area contributed by atoms with E-state index in [1.807, 2.05) is 42.5 Å². The van der Waals surface area contributed by atoms with E-state index in [2.05, 4.69) is 0 Å². The Morgan fingerprint density at radius 1 is 0.800 bits per heavy atom. The first-order chi connectivity index (χ1) is 14.7. The minimum atomic E-state index is -0.160. The van der Waals surface area contributed by atoms with Gasteiger partial charge >= 0.3 is 0 Å². The van der Waals surface area contributed by atoms with E-state index in [4.69, 9.17) is 18.9 Å². The van der Waals surface area contributed by atoms with Crippen molar-refractivity contribution in [2.45, 2.75) is 6.61 Å². The molecule has 5 heteroatoms. The summed E-state index contributed by atoms with van der Waals surface area (Å²) in [5, 5.41) is 0. The molecule has 0 saturated carbocycles. The van der Waals surface area contributed by atoms with Gasteiger partial charge in [0.05, 0.1) is 26.9 Å². The maximum Gasteiger partial charge on any atom is 0.203 e. The third kappa shape index (κ3) is 5.00. The predicted octanol–water partition coefficient (Wildman–Crippen LogP) is 5.19. The molecule has 0 N–H and O–H groups in total. The highest BCUT2D eigenvalue weighted by atomic mass is 16.5. The van der Waals surface area contributed by atoms with Gasteiger partial charge in [-0.15, -0.1) is 0 Å². The van der Waals surface area contributed by atoms with Gasteiger partial charge in [0.25, 0.3) is 0 Å². The van der Waals surface area contributed by atoms with E-state index in [1.54, 1.807) is 51.7 Å². The van der Waals surface area contributed by atoms with Gasteiger partial charge in [-0.05, 0) is 41.5 Å². The molecule has 0 saturated heterocycles. The molecule has 0 heterocycles. The van der Waals surface area contributed by atoms with Gasteiger partial charge in [-0.1, -0.05) is 48.5 Å². The maximum absolute atomic E-state index is 12.8. The zero-order chi connectivity index (χ0) is 21.3. The molecule has 0 aliphatic rings. The summed E-state index contributed by atoms with van der Waals surface area (Å²) in [6, 6.07) is 20.6. The SMILES string of the molecule is COc1cc(/C=C/C(=O)c2ccccc2OCc2ccccc2)cc(OC)c1OC. The summed E-state index contributed by atoms with van der Waals surface area (Å²) < 4.78 is 21.9. The van der Waals surface area contributed by atoms with Crippen molar-refractivity contribution in [1.29, 1.82) is 0 Å². The molecule has 0 aliphatic heterocycles. The largest absolute Gasteiger partial charge is 0.493 e. The molecule has 0 unspecified atom stereocenters. The Kier molecular flexibility index (Phi) is 7.11. The molecule has 0 spiro atoms. The number of carbonyl (C=O) groups excluding carboxylic acids is 1. The topological polar surface area (TPSA) is 54.0 Å². The molecule has 0 fully saturated rings. The number of allylic oxidation sites excluding steroid dienone is 1. The first-order valence-corrected chi connectivity index (χ1v) is 9.44. The average molecular weight is 404 g/mol. The van der Waals surface area contributed by atoms with Crippen LogP contribution in [0, 0.1) is 0 Å². The lowest BCUT2D eigenvalue weighted by Gasteiger charge is -2.13. The summed E-state index contributed by atoms with van der Waals surface area (Å²) in [6.45, 7) is 0.391. The third-order valence-corrected chi connectivity index (χ3v) is 4.50. The minimum Gasteiger partial charge on any atom is -0.493 e. The van der Waals surface area contributed by atoms with Crippen LogP contribution in [-0.4, -0.2) is 27.1 Å². The number of ketones is 1. The highest BCUT2D eigenvalue weighted by Gasteiger charge is 2.13. The Labute approximate surface area is 176 Å². The van der Waals surface area contributed by atoms with Crippen molar-refractivity contribution in [3.63, 3.8) is 0 Å². The van der Waals surface area contributed by atoms with Crippen LogP contribution in [0.1, 0.15) is 21.5 Å². The summed E-state index contributed by atoms with van der Waals surface area (Å²) in [6.07, 6.45) is 3.21. The van der Waals surface area contributed by atoms with Crippen molar-refractivity contribution in [2.24, 2.45) is 0 Å². The van der Waals surface area contributed by atoms with Crippen LogP contribution in [0.2, 0.25) is 0 Å². The summed E-state index contributed by atoms with van der Waals surface area (Å²) in [5.74, 6) is 1.93. The molecule has 3 rings (SSSR count). The van der Waals surface area contributed by atoms with E-state index in [-0.39, 0.29) is 5.78 Å². The lowest BCUT2D eigenvalue weighted by atomic mass is 10.1. The van der Waals surface area contributed by atoms with Crippen LogP contribution < -0.4 is 18.9 Å². The van der Waals surface area contributed by atoms with Crippen LogP contribution >= 0.6 is 0 Å².